The average molecular weight is 430 g/mol. The van der Waals surface area contributed by atoms with Crippen LogP contribution in [0.15, 0.2) is 40.3 Å². The van der Waals surface area contributed by atoms with Gasteiger partial charge >= 0.3 is 0 Å². The maximum absolute atomic E-state index is 13.0. The zero-order chi connectivity index (χ0) is 21.3. The summed E-state index contributed by atoms with van der Waals surface area (Å²) in [7, 11) is 3.38. The number of benzene rings is 1. The van der Waals surface area contributed by atoms with Gasteiger partial charge in [-0.3, -0.25) is 14.2 Å². The molecule has 0 aliphatic carbocycles. The van der Waals surface area contributed by atoms with Gasteiger partial charge < -0.3 is 9.64 Å². The lowest BCUT2D eigenvalue weighted by Gasteiger charge is -2.26. The molecule has 1 fully saturated rings. The van der Waals surface area contributed by atoms with Gasteiger partial charge in [-0.25, -0.2) is 4.98 Å². The fourth-order valence-corrected chi connectivity index (χ4v) is 4.64. The summed E-state index contributed by atoms with van der Waals surface area (Å²) in [5.41, 5.74) is 2.41. The Bertz CT molecular complexity index is 893. The average Bonchev–Trinajstić information content (AvgIpc) is 2.78. The molecule has 0 unspecified atom stereocenters. The van der Waals surface area contributed by atoms with Gasteiger partial charge in [0, 0.05) is 51.4 Å². The molecule has 1 aromatic carbocycles. The SMILES string of the molecule is COCc1nc(SCCCC(=O)N2CCCCC2)n(C)c(=O)c1Cc1ccccc1. The molecule has 0 atom stereocenters. The van der Waals surface area contributed by atoms with Gasteiger partial charge in [-0.15, -0.1) is 0 Å². The molecule has 1 aliphatic rings. The molecule has 0 saturated carbocycles. The first-order chi connectivity index (χ1) is 14.6. The Morgan fingerprint density at radius 1 is 1.17 bits per heavy atom. The van der Waals surface area contributed by atoms with Crippen LogP contribution < -0.4 is 5.56 Å². The molecule has 1 aliphatic heterocycles. The Morgan fingerprint density at radius 2 is 1.90 bits per heavy atom. The van der Waals surface area contributed by atoms with Crippen LogP contribution in [0.2, 0.25) is 0 Å². The molecule has 162 valence electrons. The summed E-state index contributed by atoms with van der Waals surface area (Å²) in [5, 5.41) is 0.675. The molecular formula is C23H31N3O3S. The topological polar surface area (TPSA) is 64.4 Å². The van der Waals surface area contributed by atoms with Crippen molar-refractivity contribution in [3.63, 3.8) is 0 Å². The summed E-state index contributed by atoms with van der Waals surface area (Å²) < 4.78 is 6.93. The van der Waals surface area contributed by atoms with E-state index in [1.165, 1.54) is 18.2 Å². The Kier molecular flexibility index (Phi) is 8.51. The smallest absolute Gasteiger partial charge is 0.257 e. The summed E-state index contributed by atoms with van der Waals surface area (Å²) in [4.78, 5) is 32.1. The first-order valence-electron chi connectivity index (χ1n) is 10.6. The van der Waals surface area contributed by atoms with E-state index in [0.29, 0.717) is 35.9 Å². The molecule has 2 heterocycles. The molecule has 2 aromatic rings. The number of carbonyl (C=O) groups excluding carboxylic acids is 1. The first-order valence-corrected chi connectivity index (χ1v) is 11.6. The highest BCUT2D eigenvalue weighted by Crippen LogP contribution is 2.19. The van der Waals surface area contributed by atoms with Crippen molar-refractivity contribution in [3.05, 3.63) is 57.5 Å². The van der Waals surface area contributed by atoms with E-state index >= 15 is 0 Å². The molecule has 0 bridgehead atoms. The lowest BCUT2D eigenvalue weighted by molar-refractivity contribution is -0.132. The Morgan fingerprint density at radius 3 is 2.60 bits per heavy atom. The predicted octanol–water partition coefficient (Wildman–Crippen LogP) is 3.40. The van der Waals surface area contributed by atoms with Crippen molar-refractivity contribution in [2.45, 2.75) is 50.3 Å². The predicted molar refractivity (Wildman–Crippen MR) is 120 cm³/mol. The van der Waals surface area contributed by atoms with Crippen LogP contribution in [0, 0.1) is 0 Å². The zero-order valence-corrected chi connectivity index (χ0v) is 18.7. The Hall–Kier alpha value is -2.12. The highest BCUT2D eigenvalue weighted by atomic mass is 32.2. The van der Waals surface area contributed by atoms with Crippen molar-refractivity contribution >= 4 is 17.7 Å². The Labute approximate surface area is 182 Å². The fraction of sp³-hybridized carbons (Fsp3) is 0.522. The highest BCUT2D eigenvalue weighted by molar-refractivity contribution is 7.99. The van der Waals surface area contributed by atoms with Gasteiger partial charge in [0.15, 0.2) is 5.16 Å². The maximum atomic E-state index is 13.0. The molecule has 1 amide bonds. The number of amides is 1. The molecule has 3 rings (SSSR count). The number of hydrogen-bond acceptors (Lipinski definition) is 5. The molecule has 6 nitrogen and oxygen atoms in total. The second-order valence-electron chi connectivity index (χ2n) is 7.67. The third-order valence-electron chi connectivity index (χ3n) is 5.41. The van der Waals surface area contributed by atoms with E-state index in [9.17, 15) is 9.59 Å². The van der Waals surface area contributed by atoms with Crippen LogP contribution in [0.5, 0.6) is 0 Å². The fourth-order valence-electron chi connectivity index (χ4n) is 3.72. The van der Waals surface area contributed by atoms with Crippen LogP contribution in [-0.2, 0) is 29.6 Å². The summed E-state index contributed by atoms with van der Waals surface area (Å²) in [6, 6.07) is 9.93. The maximum Gasteiger partial charge on any atom is 0.257 e. The van der Waals surface area contributed by atoms with Crippen LogP contribution in [0.3, 0.4) is 0 Å². The quantitative estimate of drug-likeness (QED) is 0.347. The van der Waals surface area contributed by atoms with Crippen molar-refractivity contribution in [3.8, 4) is 0 Å². The second kappa shape index (κ2) is 11.3. The van der Waals surface area contributed by atoms with E-state index in [2.05, 4.69) is 0 Å². The first kappa shape index (κ1) is 22.6. The van der Waals surface area contributed by atoms with Gasteiger partial charge in [-0.1, -0.05) is 42.1 Å². The largest absolute Gasteiger partial charge is 0.378 e. The van der Waals surface area contributed by atoms with Gasteiger partial charge in [0.05, 0.1) is 12.3 Å². The van der Waals surface area contributed by atoms with Crippen molar-refractivity contribution in [2.75, 3.05) is 26.0 Å². The molecule has 1 saturated heterocycles. The van der Waals surface area contributed by atoms with Gasteiger partial charge in [0.25, 0.3) is 5.56 Å². The summed E-state index contributed by atoms with van der Waals surface area (Å²) in [6.07, 6.45) is 5.32. The number of methoxy groups -OCH3 is 1. The van der Waals surface area contributed by atoms with Gasteiger partial charge in [-0.2, -0.15) is 0 Å². The number of nitrogens with zero attached hydrogens (tertiary/aromatic N) is 3. The van der Waals surface area contributed by atoms with Crippen molar-refractivity contribution < 1.29 is 9.53 Å². The number of rotatable bonds is 9. The monoisotopic (exact) mass is 429 g/mol. The van der Waals surface area contributed by atoms with Crippen LogP contribution in [0.1, 0.15) is 48.9 Å². The van der Waals surface area contributed by atoms with Gasteiger partial charge in [-0.05, 0) is 31.2 Å². The summed E-state index contributed by atoms with van der Waals surface area (Å²) in [5.74, 6) is 1.00. The lowest BCUT2D eigenvalue weighted by Crippen LogP contribution is -2.35. The Balaban J connectivity index is 1.64. The van der Waals surface area contributed by atoms with E-state index in [0.717, 1.165) is 43.7 Å². The highest BCUT2D eigenvalue weighted by Gasteiger charge is 2.17. The minimum atomic E-state index is -0.0344. The van der Waals surface area contributed by atoms with Crippen LogP contribution in [0.4, 0.5) is 0 Å². The van der Waals surface area contributed by atoms with E-state index in [1.807, 2.05) is 35.2 Å². The van der Waals surface area contributed by atoms with E-state index in [1.54, 1.807) is 18.7 Å². The zero-order valence-electron chi connectivity index (χ0n) is 17.9. The van der Waals surface area contributed by atoms with Crippen molar-refractivity contribution in [1.82, 2.24) is 14.5 Å². The third-order valence-corrected chi connectivity index (χ3v) is 6.52. The minimum absolute atomic E-state index is 0.0344. The number of thioether (sulfide) groups is 1. The molecule has 0 N–H and O–H groups in total. The molecule has 1 aromatic heterocycles. The minimum Gasteiger partial charge on any atom is -0.378 e. The molecule has 0 radical (unpaired) electrons. The molecule has 0 spiro atoms. The summed E-state index contributed by atoms with van der Waals surface area (Å²) >= 11 is 1.53. The third kappa shape index (κ3) is 5.95. The normalized spacial score (nSPS) is 14.1. The van der Waals surface area contributed by atoms with Crippen LogP contribution in [0.25, 0.3) is 0 Å². The number of aromatic nitrogens is 2. The second-order valence-corrected chi connectivity index (χ2v) is 8.73. The summed E-state index contributed by atoms with van der Waals surface area (Å²) in [6.45, 7) is 2.09. The number of carbonyl (C=O) groups is 1. The van der Waals surface area contributed by atoms with Crippen molar-refractivity contribution in [1.29, 1.82) is 0 Å². The van der Waals surface area contributed by atoms with Gasteiger partial charge in [0.1, 0.15) is 0 Å². The van der Waals surface area contributed by atoms with Crippen LogP contribution in [-0.4, -0.2) is 46.3 Å². The van der Waals surface area contributed by atoms with E-state index in [-0.39, 0.29) is 11.5 Å². The van der Waals surface area contributed by atoms with E-state index < -0.39 is 0 Å². The van der Waals surface area contributed by atoms with Crippen LogP contribution >= 0.6 is 11.8 Å². The molecular weight excluding hydrogens is 398 g/mol. The standard InChI is InChI=1S/C23H31N3O3S/c1-25-22(28)19(16-18-10-5-3-6-11-18)20(17-29-2)24-23(25)30-15-9-12-21(27)26-13-7-4-8-14-26/h3,5-6,10-11H,4,7-9,12-17H2,1-2H3. The number of ether oxygens (including phenoxy) is 1. The van der Waals surface area contributed by atoms with E-state index in [4.69, 9.17) is 9.72 Å². The van der Waals surface area contributed by atoms with Crippen molar-refractivity contribution in [2.24, 2.45) is 7.05 Å². The van der Waals surface area contributed by atoms with Gasteiger partial charge in [0.2, 0.25) is 5.91 Å². The number of likely N-dealkylation sites (tertiary alicyclic amines) is 1. The molecule has 7 heteroatoms. The number of hydrogen-bond donors (Lipinski definition) is 0. The lowest BCUT2D eigenvalue weighted by atomic mass is 10.0. The number of piperidine rings is 1. The molecule has 30 heavy (non-hydrogen) atoms.